The predicted molar refractivity (Wildman–Crippen MR) is 118 cm³/mol. The summed E-state index contributed by atoms with van der Waals surface area (Å²) in [4.78, 5) is 4.36. The fourth-order valence-corrected chi connectivity index (χ4v) is 5.01. The molecule has 10 heteroatoms. The molecule has 0 amide bonds. The molecule has 0 radical (unpaired) electrons. The van der Waals surface area contributed by atoms with Gasteiger partial charge in [-0.1, -0.05) is 20.8 Å². The van der Waals surface area contributed by atoms with Gasteiger partial charge in [-0.25, -0.2) is 8.96 Å². The van der Waals surface area contributed by atoms with Gasteiger partial charge in [0.15, 0.2) is 8.32 Å². The minimum absolute atomic E-state index is 0.0338. The summed E-state index contributed by atoms with van der Waals surface area (Å²) in [7, 11) is -2.81. The summed E-state index contributed by atoms with van der Waals surface area (Å²) < 4.78 is 34.9. The van der Waals surface area contributed by atoms with Crippen molar-refractivity contribution in [3.63, 3.8) is 0 Å². The Balaban J connectivity index is 2.36. The fraction of sp³-hybridized carbons (Fsp3) is 0.611. The van der Waals surface area contributed by atoms with E-state index < -0.39 is 24.6 Å². The van der Waals surface area contributed by atoms with Crippen LogP contribution in [-0.2, 0) is 21.1 Å². The van der Waals surface area contributed by atoms with Crippen LogP contribution in [0.15, 0.2) is 22.8 Å². The summed E-state index contributed by atoms with van der Waals surface area (Å²) in [6.07, 6.45) is -0.673. The average Bonchev–Trinajstić information content (AvgIpc) is 2.89. The summed E-state index contributed by atoms with van der Waals surface area (Å²) in [6.45, 7) is 10.8. The van der Waals surface area contributed by atoms with Gasteiger partial charge >= 0.3 is 10.2 Å². The van der Waals surface area contributed by atoms with E-state index in [2.05, 4.69) is 54.8 Å². The number of aliphatic hydroxyl groups is 1. The predicted octanol–water partition coefficient (Wildman–Crippen LogP) is 3.38. The Kier molecular flexibility index (Phi) is 6.84. The van der Waals surface area contributed by atoms with Crippen molar-refractivity contribution in [3.8, 4) is 0 Å². The van der Waals surface area contributed by atoms with E-state index in [0.717, 1.165) is 4.31 Å². The average molecular weight is 493 g/mol. The van der Waals surface area contributed by atoms with E-state index >= 15 is 0 Å². The van der Waals surface area contributed by atoms with Crippen LogP contribution in [0.2, 0.25) is 18.1 Å². The molecule has 7 nitrogen and oxygen atoms in total. The molecular formula is C18H30BrN3O4SSi. The number of hydrogen-bond acceptors (Lipinski definition) is 5. The zero-order valence-corrected chi connectivity index (χ0v) is 20.9. The summed E-state index contributed by atoms with van der Waals surface area (Å²) >= 11 is 3.32. The monoisotopic (exact) mass is 491 g/mol. The molecule has 0 aliphatic carbocycles. The number of nitrogens with zero attached hydrogens (tertiary/aromatic N) is 3. The third-order valence-corrected chi connectivity index (χ3v) is 12.0. The summed E-state index contributed by atoms with van der Waals surface area (Å²) in [5.74, 6) is 0. The van der Waals surface area contributed by atoms with E-state index in [1.165, 1.54) is 18.1 Å². The summed E-state index contributed by atoms with van der Waals surface area (Å²) in [5, 5.41) is 10.6. The number of aliphatic hydroxyl groups excluding tert-OH is 1. The van der Waals surface area contributed by atoms with E-state index in [1.807, 2.05) is 0 Å². The molecule has 0 saturated heterocycles. The van der Waals surface area contributed by atoms with Gasteiger partial charge in [-0.15, -0.1) is 0 Å². The first kappa shape index (κ1) is 23.5. The minimum atomic E-state index is -3.76. The molecule has 2 heterocycles. The molecule has 0 fully saturated rings. The highest BCUT2D eigenvalue weighted by Crippen LogP contribution is 2.36. The highest BCUT2D eigenvalue weighted by Gasteiger charge is 2.37. The standard InChI is InChI=1S/C18H30BrN3O4SSi/c1-18(2,3)28(6,7)26-12-14(23)10-13-11-15-16(8-9-17(19)20-15)22(13)27(24,25)21(4)5/h8-9,11,14,23H,10,12H2,1-7H3/t14-/m0/s1. The largest absolute Gasteiger partial charge is 0.414 e. The van der Waals surface area contributed by atoms with E-state index in [4.69, 9.17) is 4.43 Å². The highest BCUT2D eigenvalue weighted by atomic mass is 79.9. The molecule has 2 rings (SSSR count). The molecule has 0 saturated carbocycles. The lowest BCUT2D eigenvalue weighted by molar-refractivity contribution is 0.0992. The Morgan fingerprint density at radius 1 is 1.32 bits per heavy atom. The second kappa shape index (κ2) is 8.15. The van der Waals surface area contributed by atoms with Crippen molar-refractivity contribution >= 4 is 45.5 Å². The maximum Gasteiger partial charge on any atom is 0.307 e. The molecule has 1 atom stereocenters. The van der Waals surface area contributed by atoms with E-state index in [1.54, 1.807) is 18.2 Å². The molecule has 158 valence electrons. The number of fused-ring (bicyclic) bond motifs is 1. The maximum absolute atomic E-state index is 12.9. The second-order valence-electron chi connectivity index (χ2n) is 8.66. The first-order chi connectivity index (χ1) is 12.7. The second-order valence-corrected chi connectivity index (χ2v) is 16.3. The van der Waals surface area contributed by atoms with E-state index in [0.29, 0.717) is 21.3 Å². The van der Waals surface area contributed by atoms with Crippen LogP contribution in [0.3, 0.4) is 0 Å². The number of rotatable bonds is 7. The zero-order chi connectivity index (χ0) is 21.5. The van der Waals surface area contributed by atoms with Crippen molar-refractivity contribution in [1.82, 2.24) is 13.3 Å². The molecule has 0 aliphatic rings. The molecule has 1 N–H and O–H groups in total. The maximum atomic E-state index is 12.9. The molecule has 2 aromatic heterocycles. The Hall–Kier alpha value is -0.783. The van der Waals surface area contributed by atoms with Crippen LogP contribution in [0.1, 0.15) is 26.5 Å². The lowest BCUT2D eigenvalue weighted by Crippen LogP contribution is -2.43. The minimum Gasteiger partial charge on any atom is -0.414 e. The molecule has 28 heavy (non-hydrogen) atoms. The molecule has 0 aromatic carbocycles. The molecular weight excluding hydrogens is 462 g/mol. The number of halogens is 1. The van der Waals surface area contributed by atoms with E-state index in [9.17, 15) is 13.5 Å². The van der Waals surface area contributed by atoms with Crippen molar-refractivity contribution in [1.29, 1.82) is 0 Å². The number of hydrogen-bond donors (Lipinski definition) is 1. The molecule has 0 spiro atoms. The van der Waals surface area contributed by atoms with Gasteiger partial charge in [-0.2, -0.15) is 12.7 Å². The van der Waals surface area contributed by atoms with Gasteiger partial charge in [0.05, 0.1) is 23.7 Å². The third kappa shape index (κ3) is 4.85. The van der Waals surface area contributed by atoms with E-state index in [-0.39, 0.29) is 18.1 Å². The van der Waals surface area contributed by atoms with Crippen molar-refractivity contribution in [2.24, 2.45) is 0 Å². The van der Waals surface area contributed by atoms with Crippen molar-refractivity contribution < 1.29 is 18.0 Å². The lowest BCUT2D eigenvalue weighted by atomic mass is 10.2. The first-order valence-electron chi connectivity index (χ1n) is 9.09. The molecule has 0 unspecified atom stereocenters. The summed E-state index contributed by atoms with van der Waals surface area (Å²) in [6, 6.07) is 5.11. The lowest BCUT2D eigenvalue weighted by Gasteiger charge is -2.36. The van der Waals surface area contributed by atoms with Gasteiger partial charge in [0.25, 0.3) is 0 Å². The number of aromatic nitrogens is 2. The van der Waals surface area contributed by atoms with Crippen LogP contribution < -0.4 is 0 Å². The van der Waals surface area contributed by atoms with Gasteiger partial charge in [0.1, 0.15) is 4.60 Å². The third-order valence-electron chi connectivity index (χ3n) is 5.23. The Morgan fingerprint density at radius 2 is 1.93 bits per heavy atom. The Morgan fingerprint density at radius 3 is 2.46 bits per heavy atom. The van der Waals surface area contributed by atoms with Crippen molar-refractivity contribution in [2.75, 3.05) is 20.7 Å². The molecule has 0 aliphatic heterocycles. The van der Waals surface area contributed by atoms with Crippen LogP contribution in [-0.4, -0.2) is 61.9 Å². The van der Waals surface area contributed by atoms with Crippen LogP contribution in [0.4, 0.5) is 0 Å². The quantitative estimate of drug-likeness (QED) is 0.473. The van der Waals surface area contributed by atoms with Gasteiger partial charge in [-0.3, -0.25) is 0 Å². The van der Waals surface area contributed by atoms with Gasteiger partial charge in [0, 0.05) is 26.2 Å². The smallest absolute Gasteiger partial charge is 0.307 e. The number of pyridine rings is 1. The summed E-state index contributed by atoms with van der Waals surface area (Å²) in [5.41, 5.74) is 1.50. The molecule has 0 bridgehead atoms. The zero-order valence-electron chi connectivity index (χ0n) is 17.5. The first-order valence-corrected chi connectivity index (χ1v) is 14.2. The van der Waals surface area contributed by atoms with Gasteiger partial charge in [0.2, 0.25) is 0 Å². The van der Waals surface area contributed by atoms with Crippen LogP contribution in [0.5, 0.6) is 0 Å². The van der Waals surface area contributed by atoms with Gasteiger partial charge < -0.3 is 9.53 Å². The van der Waals surface area contributed by atoms with Crippen LogP contribution >= 0.6 is 15.9 Å². The molecule has 2 aromatic rings. The SMILES string of the molecule is CN(C)S(=O)(=O)n1c(C[C@H](O)CO[Si](C)(C)C(C)(C)C)cc2nc(Br)ccc21. The Bertz CT molecular complexity index is 952. The Labute approximate surface area is 177 Å². The van der Waals surface area contributed by atoms with Crippen molar-refractivity contribution in [3.05, 3.63) is 28.5 Å². The topological polar surface area (TPSA) is 84.7 Å². The highest BCUT2D eigenvalue weighted by molar-refractivity contribution is 9.10. The van der Waals surface area contributed by atoms with Crippen LogP contribution in [0, 0.1) is 0 Å². The normalized spacial score (nSPS) is 14.8. The van der Waals surface area contributed by atoms with Crippen LogP contribution in [0.25, 0.3) is 11.0 Å². The van der Waals surface area contributed by atoms with Gasteiger partial charge in [-0.05, 0) is 52.3 Å². The van der Waals surface area contributed by atoms with Crippen molar-refractivity contribution in [2.45, 2.75) is 51.4 Å². The fourth-order valence-electron chi connectivity index (χ4n) is 2.49.